The van der Waals surface area contributed by atoms with Gasteiger partial charge in [-0.1, -0.05) is 0 Å². The van der Waals surface area contributed by atoms with Crippen LogP contribution in [0.1, 0.15) is 50.2 Å². The van der Waals surface area contributed by atoms with Gasteiger partial charge in [-0.05, 0) is 73.9 Å². The maximum Gasteiger partial charge on any atom is 0.289 e. The summed E-state index contributed by atoms with van der Waals surface area (Å²) < 4.78 is 19.7. The molecule has 2 aromatic heterocycles. The van der Waals surface area contributed by atoms with E-state index in [9.17, 15) is 14.0 Å². The number of pyridine rings is 1. The third kappa shape index (κ3) is 5.20. The van der Waals surface area contributed by atoms with E-state index in [2.05, 4.69) is 9.88 Å². The molecule has 3 heterocycles. The van der Waals surface area contributed by atoms with Crippen molar-refractivity contribution >= 4 is 11.7 Å². The van der Waals surface area contributed by atoms with E-state index in [4.69, 9.17) is 4.42 Å². The molecule has 1 amide bonds. The third-order valence-electron chi connectivity index (χ3n) is 6.27. The Morgan fingerprint density at radius 1 is 1.15 bits per heavy atom. The van der Waals surface area contributed by atoms with Crippen LogP contribution in [0.3, 0.4) is 0 Å². The van der Waals surface area contributed by atoms with Crippen molar-refractivity contribution in [2.75, 3.05) is 19.6 Å². The number of amides is 1. The Bertz CT molecular complexity index is 1140. The lowest BCUT2D eigenvalue weighted by Crippen LogP contribution is -2.53. The van der Waals surface area contributed by atoms with Crippen molar-refractivity contribution in [3.63, 3.8) is 0 Å². The SMILES string of the molecule is Cc1ccc(C(=O)Cc2cc(F)cc(CN3CCN(C(=O)c4ccco4)[C@@H](C)C3)c2C)cn1. The van der Waals surface area contributed by atoms with Crippen LogP contribution < -0.4 is 0 Å². The second-order valence-electron chi connectivity index (χ2n) is 8.70. The smallest absolute Gasteiger partial charge is 0.289 e. The molecule has 1 aromatic carbocycles. The molecule has 6 nitrogen and oxygen atoms in total. The fraction of sp³-hybridized carbons (Fsp3) is 0.346. The summed E-state index contributed by atoms with van der Waals surface area (Å²) in [5.41, 5.74) is 3.84. The number of carbonyl (C=O) groups is 2. The minimum atomic E-state index is -0.347. The second-order valence-corrected chi connectivity index (χ2v) is 8.70. The molecule has 4 rings (SSSR count). The molecule has 0 spiro atoms. The van der Waals surface area contributed by atoms with Gasteiger partial charge in [-0.15, -0.1) is 0 Å². The van der Waals surface area contributed by atoms with Crippen LogP contribution in [-0.2, 0) is 13.0 Å². The van der Waals surface area contributed by atoms with Gasteiger partial charge in [-0.3, -0.25) is 19.5 Å². The van der Waals surface area contributed by atoms with Crippen molar-refractivity contribution in [1.82, 2.24) is 14.8 Å². The number of hydrogen-bond donors (Lipinski definition) is 0. The average Bonchev–Trinajstić information content (AvgIpc) is 3.32. The summed E-state index contributed by atoms with van der Waals surface area (Å²) in [6, 6.07) is 9.92. The van der Waals surface area contributed by atoms with E-state index in [0.717, 1.165) is 16.8 Å². The molecule has 1 atom stereocenters. The highest BCUT2D eigenvalue weighted by Crippen LogP contribution is 2.22. The van der Waals surface area contributed by atoms with Crippen LogP contribution >= 0.6 is 0 Å². The normalized spacial score (nSPS) is 16.7. The Morgan fingerprint density at radius 3 is 2.61 bits per heavy atom. The number of hydrogen-bond acceptors (Lipinski definition) is 5. The van der Waals surface area contributed by atoms with Crippen LogP contribution in [-0.4, -0.2) is 52.2 Å². The predicted octanol–water partition coefficient (Wildman–Crippen LogP) is 4.20. The molecule has 172 valence electrons. The molecule has 0 bridgehead atoms. The summed E-state index contributed by atoms with van der Waals surface area (Å²) in [6.07, 6.45) is 3.19. The largest absolute Gasteiger partial charge is 0.459 e. The summed E-state index contributed by atoms with van der Waals surface area (Å²) in [5.74, 6) is -0.198. The number of piperazine rings is 1. The van der Waals surface area contributed by atoms with Gasteiger partial charge in [0.1, 0.15) is 5.82 Å². The number of halogens is 1. The zero-order valence-corrected chi connectivity index (χ0v) is 19.2. The Hall–Kier alpha value is -3.32. The van der Waals surface area contributed by atoms with Crippen molar-refractivity contribution in [3.05, 3.63) is 88.4 Å². The lowest BCUT2D eigenvalue weighted by atomic mass is 9.95. The first kappa shape index (κ1) is 22.9. The monoisotopic (exact) mass is 449 g/mol. The van der Waals surface area contributed by atoms with Crippen LogP contribution in [0.4, 0.5) is 4.39 Å². The Labute approximate surface area is 193 Å². The minimum Gasteiger partial charge on any atom is -0.459 e. The van der Waals surface area contributed by atoms with Crippen LogP contribution in [0.2, 0.25) is 0 Å². The maximum atomic E-state index is 14.5. The standard InChI is InChI=1S/C26H28FN3O3/c1-17-6-7-20(14-28-17)24(31)13-21-11-23(27)12-22(19(21)3)16-29-8-9-30(18(2)15-29)26(32)25-5-4-10-33-25/h4-7,10-12,14,18H,8-9,13,15-16H2,1-3H3/t18-/m0/s1. The lowest BCUT2D eigenvalue weighted by Gasteiger charge is -2.39. The van der Waals surface area contributed by atoms with E-state index >= 15 is 0 Å². The van der Waals surface area contributed by atoms with Gasteiger partial charge in [0.2, 0.25) is 0 Å². The van der Waals surface area contributed by atoms with Gasteiger partial charge < -0.3 is 9.32 Å². The molecular formula is C26H28FN3O3. The van der Waals surface area contributed by atoms with Crippen molar-refractivity contribution < 1.29 is 18.4 Å². The number of aromatic nitrogens is 1. The number of aryl methyl sites for hydroxylation is 1. The summed E-state index contributed by atoms with van der Waals surface area (Å²) in [6.45, 7) is 8.29. The van der Waals surface area contributed by atoms with E-state index in [1.54, 1.807) is 36.5 Å². The number of carbonyl (C=O) groups excluding carboxylic acids is 2. The van der Waals surface area contributed by atoms with Crippen molar-refractivity contribution in [1.29, 1.82) is 0 Å². The van der Waals surface area contributed by atoms with Gasteiger partial charge in [0.25, 0.3) is 5.91 Å². The fourth-order valence-corrected chi connectivity index (χ4v) is 4.31. The first-order valence-corrected chi connectivity index (χ1v) is 11.1. The number of Topliss-reactive ketones (excluding diaryl/α,β-unsaturated/α-hetero) is 1. The van der Waals surface area contributed by atoms with E-state index in [-0.39, 0.29) is 30.0 Å². The molecule has 1 saturated heterocycles. The molecule has 3 aromatic rings. The second kappa shape index (κ2) is 9.67. The van der Waals surface area contributed by atoms with Gasteiger partial charge >= 0.3 is 0 Å². The number of furan rings is 1. The first-order valence-electron chi connectivity index (χ1n) is 11.1. The number of ketones is 1. The van der Waals surface area contributed by atoms with Crippen molar-refractivity contribution in [2.24, 2.45) is 0 Å². The zero-order valence-electron chi connectivity index (χ0n) is 19.2. The Morgan fingerprint density at radius 2 is 1.94 bits per heavy atom. The summed E-state index contributed by atoms with van der Waals surface area (Å²) in [4.78, 5) is 33.6. The molecule has 0 N–H and O–H groups in total. The van der Waals surface area contributed by atoms with Crippen LogP contribution in [0.25, 0.3) is 0 Å². The summed E-state index contributed by atoms with van der Waals surface area (Å²) >= 11 is 0. The van der Waals surface area contributed by atoms with E-state index in [1.165, 1.54) is 12.3 Å². The molecule has 0 radical (unpaired) electrons. The average molecular weight is 450 g/mol. The Balaban J connectivity index is 1.44. The predicted molar refractivity (Wildman–Crippen MR) is 123 cm³/mol. The van der Waals surface area contributed by atoms with E-state index in [0.29, 0.717) is 43.1 Å². The van der Waals surface area contributed by atoms with Crippen LogP contribution in [0.15, 0.2) is 53.3 Å². The number of rotatable bonds is 6. The molecule has 1 fully saturated rings. The third-order valence-corrected chi connectivity index (χ3v) is 6.27. The molecular weight excluding hydrogens is 421 g/mol. The quantitative estimate of drug-likeness (QED) is 0.528. The maximum absolute atomic E-state index is 14.5. The molecule has 0 unspecified atom stereocenters. The molecule has 1 aliphatic heterocycles. The molecule has 0 aliphatic carbocycles. The fourth-order valence-electron chi connectivity index (χ4n) is 4.31. The van der Waals surface area contributed by atoms with Gasteiger partial charge in [0.05, 0.1) is 6.26 Å². The lowest BCUT2D eigenvalue weighted by molar-refractivity contribution is 0.0446. The van der Waals surface area contributed by atoms with Crippen LogP contribution in [0.5, 0.6) is 0 Å². The van der Waals surface area contributed by atoms with Crippen molar-refractivity contribution in [2.45, 2.75) is 39.8 Å². The molecule has 33 heavy (non-hydrogen) atoms. The topological polar surface area (TPSA) is 66.7 Å². The molecule has 1 aliphatic rings. The molecule has 7 heteroatoms. The van der Waals surface area contributed by atoms with Gasteiger partial charge in [0.15, 0.2) is 11.5 Å². The summed E-state index contributed by atoms with van der Waals surface area (Å²) in [5, 5.41) is 0. The molecule has 0 saturated carbocycles. The van der Waals surface area contributed by atoms with Gasteiger partial charge in [0, 0.05) is 56.1 Å². The highest BCUT2D eigenvalue weighted by molar-refractivity contribution is 5.97. The van der Waals surface area contributed by atoms with E-state index in [1.807, 2.05) is 25.7 Å². The number of nitrogens with zero attached hydrogens (tertiary/aromatic N) is 3. The highest BCUT2D eigenvalue weighted by Gasteiger charge is 2.29. The number of benzene rings is 1. The van der Waals surface area contributed by atoms with Crippen LogP contribution in [0, 0.1) is 19.7 Å². The van der Waals surface area contributed by atoms with E-state index < -0.39 is 0 Å². The Kier molecular flexibility index (Phi) is 6.70. The van der Waals surface area contributed by atoms with Crippen molar-refractivity contribution in [3.8, 4) is 0 Å². The highest BCUT2D eigenvalue weighted by atomic mass is 19.1. The first-order chi connectivity index (χ1) is 15.8. The van der Waals surface area contributed by atoms with Gasteiger partial charge in [-0.25, -0.2) is 4.39 Å². The van der Waals surface area contributed by atoms with Gasteiger partial charge in [-0.2, -0.15) is 0 Å². The minimum absolute atomic E-state index is 0.000279. The zero-order chi connectivity index (χ0) is 23.5. The summed E-state index contributed by atoms with van der Waals surface area (Å²) in [7, 11) is 0.